The molecule has 1 fully saturated rings. The fourth-order valence-corrected chi connectivity index (χ4v) is 5.10. The summed E-state index contributed by atoms with van der Waals surface area (Å²) in [5.74, 6) is 1.71. The number of carbonyl (C=O) groups is 1. The molecule has 0 bridgehead atoms. The van der Waals surface area contributed by atoms with Crippen LogP contribution in [0.15, 0.2) is 30.5 Å². The molecule has 0 spiro atoms. The number of halogens is 1. The molecule has 3 rings (SSSR count). The lowest BCUT2D eigenvalue weighted by molar-refractivity contribution is -0.137. The average molecular weight is 449 g/mol. The van der Waals surface area contributed by atoms with Crippen LogP contribution in [0.3, 0.4) is 0 Å². The van der Waals surface area contributed by atoms with Crippen molar-refractivity contribution in [2.24, 2.45) is 11.8 Å². The molecule has 0 saturated carbocycles. The van der Waals surface area contributed by atoms with E-state index in [1.54, 1.807) is 19.4 Å². The Morgan fingerprint density at radius 2 is 2.19 bits per heavy atom. The summed E-state index contributed by atoms with van der Waals surface area (Å²) in [6, 6.07) is 7.31. The highest BCUT2D eigenvalue weighted by Gasteiger charge is 2.30. The van der Waals surface area contributed by atoms with Crippen LogP contribution in [0.1, 0.15) is 43.8 Å². The van der Waals surface area contributed by atoms with E-state index in [-0.39, 0.29) is 6.42 Å². The number of hydrogen-bond acceptors (Lipinski definition) is 5. The van der Waals surface area contributed by atoms with E-state index in [0.717, 1.165) is 49.1 Å². The van der Waals surface area contributed by atoms with Gasteiger partial charge in [-0.2, -0.15) is 11.8 Å². The van der Waals surface area contributed by atoms with Crippen LogP contribution in [0, 0.1) is 11.8 Å². The molecule has 1 saturated heterocycles. The SMILES string of the molecule is COc1ccc2nccc(C(F)CC[C@@H]3CCN(CCSC)C[C@@H]3CCC(=O)O)c2c1. The van der Waals surface area contributed by atoms with E-state index in [1.807, 2.05) is 30.0 Å². The van der Waals surface area contributed by atoms with Gasteiger partial charge in [0.2, 0.25) is 0 Å². The van der Waals surface area contributed by atoms with Crippen molar-refractivity contribution in [3.63, 3.8) is 0 Å². The number of carboxylic acid groups (broad SMARTS) is 1. The van der Waals surface area contributed by atoms with Crippen LogP contribution >= 0.6 is 11.8 Å². The van der Waals surface area contributed by atoms with Gasteiger partial charge in [-0.25, -0.2) is 4.39 Å². The largest absolute Gasteiger partial charge is 0.497 e. The van der Waals surface area contributed by atoms with E-state index in [9.17, 15) is 4.79 Å². The Kier molecular flexibility index (Phi) is 8.96. The number of rotatable bonds is 11. The molecule has 1 unspecified atom stereocenters. The lowest BCUT2D eigenvalue weighted by Gasteiger charge is -2.39. The van der Waals surface area contributed by atoms with Crippen LogP contribution in [0.25, 0.3) is 10.9 Å². The molecular weight excluding hydrogens is 415 g/mol. The highest BCUT2D eigenvalue weighted by molar-refractivity contribution is 7.98. The molecule has 1 aliphatic heterocycles. The van der Waals surface area contributed by atoms with Gasteiger partial charge in [0.25, 0.3) is 0 Å². The minimum atomic E-state index is -1.08. The molecule has 0 aliphatic carbocycles. The summed E-state index contributed by atoms with van der Waals surface area (Å²) < 4.78 is 20.7. The second-order valence-corrected chi connectivity index (χ2v) is 9.35. The molecule has 2 aromatic rings. The summed E-state index contributed by atoms with van der Waals surface area (Å²) in [6.45, 7) is 2.97. The molecule has 0 amide bonds. The van der Waals surface area contributed by atoms with Crippen molar-refractivity contribution in [1.29, 1.82) is 0 Å². The summed E-state index contributed by atoms with van der Waals surface area (Å²) in [5.41, 5.74) is 1.42. The highest BCUT2D eigenvalue weighted by atomic mass is 32.2. The summed E-state index contributed by atoms with van der Waals surface area (Å²) in [4.78, 5) is 17.9. The highest BCUT2D eigenvalue weighted by Crippen LogP contribution is 2.36. The number of methoxy groups -OCH3 is 1. The zero-order chi connectivity index (χ0) is 22.2. The van der Waals surface area contributed by atoms with E-state index in [0.29, 0.717) is 36.0 Å². The maximum atomic E-state index is 15.4. The molecule has 1 aliphatic rings. The minimum Gasteiger partial charge on any atom is -0.497 e. The fraction of sp³-hybridized carbons (Fsp3) is 0.583. The van der Waals surface area contributed by atoms with Gasteiger partial charge < -0.3 is 14.7 Å². The third-order valence-corrected chi connectivity index (χ3v) is 7.02. The van der Waals surface area contributed by atoms with Gasteiger partial charge in [-0.1, -0.05) is 0 Å². The normalized spacial score (nSPS) is 20.6. The van der Waals surface area contributed by atoms with Crippen molar-refractivity contribution in [3.05, 3.63) is 36.0 Å². The van der Waals surface area contributed by atoms with E-state index < -0.39 is 12.1 Å². The van der Waals surface area contributed by atoms with Crippen LogP contribution in [-0.2, 0) is 4.79 Å². The number of carboxylic acids is 1. The van der Waals surface area contributed by atoms with Gasteiger partial charge in [-0.3, -0.25) is 9.78 Å². The number of benzene rings is 1. The Hall–Kier alpha value is -1.86. The van der Waals surface area contributed by atoms with Crippen LogP contribution < -0.4 is 4.74 Å². The molecule has 5 nitrogen and oxygen atoms in total. The van der Waals surface area contributed by atoms with Crippen molar-refractivity contribution in [2.75, 3.05) is 38.8 Å². The number of thioether (sulfide) groups is 1. The van der Waals surface area contributed by atoms with Gasteiger partial charge in [0.15, 0.2) is 0 Å². The maximum absolute atomic E-state index is 15.4. The van der Waals surface area contributed by atoms with Crippen LogP contribution in [-0.4, -0.2) is 59.7 Å². The predicted molar refractivity (Wildman–Crippen MR) is 125 cm³/mol. The third-order valence-electron chi connectivity index (χ3n) is 6.43. The van der Waals surface area contributed by atoms with E-state index in [2.05, 4.69) is 16.1 Å². The zero-order valence-corrected chi connectivity index (χ0v) is 19.2. The van der Waals surface area contributed by atoms with E-state index in [4.69, 9.17) is 9.84 Å². The number of alkyl halides is 1. The quantitative estimate of drug-likeness (QED) is 0.510. The number of likely N-dealkylation sites (tertiary alicyclic amines) is 1. The minimum absolute atomic E-state index is 0.186. The number of nitrogens with zero attached hydrogens (tertiary/aromatic N) is 2. The topological polar surface area (TPSA) is 62.7 Å². The lowest BCUT2D eigenvalue weighted by atomic mass is 9.79. The summed E-state index contributed by atoms with van der Waals surface area (Å²) in [5, 5.41) is 9.95. The smallest absolute Gasteiger partial charge is 0.303 e. The van der Waals surface area contributed by atoms with Gasteiger partial charge in [0.05, 0.1) is 12.6 Å². The average Bonchev–Trinajstić information content (AvgIpc) is 2.79. The number of aliphatic carboxylic acids is 1. The number of hydrogen-bond donors (Lipinski definition) is 1. The monoisotopic (exact) mass is 448 g/mol. The van der Waals surface area contributed by atoms with Crippen LogP contribution in [0.4, 0.5) is 4.39 Å². The van der Waals surface area contributed by atoms with Gasteiger partial charge in [0, 0.05) is 36.8 Å². The number of ether oxygens (including phenoxy) is 1. The van der Waals surface area contributed by atoms with E-state index >= 15 is 4.39 Å². The van der Waals surface area contributed by atoms with Crippen LogP contribution in [0.2, 0.25) is 0 Å². The Morgan fingerprint density at radius 3 is 2.94 bits per heavy atom. The zero-order valence-electron chi connectivity index (χ0n) is 18.4. The first kappa shape index (κ1) is 23.8. The van der Waals surface area contributed by atoms with Crippen molar-refractivity contribution in [2.45, 2.75) is 38.3 Å². The Morgan fingerprint density at radius 1 is 1.35 bits per heavy atom. The van der Waals surface area contributed by atoms with Crippen molar-refractivity contribution in [1.82, 2.24) is 9.88 Å². The molecule has 7 heteroatoms. The molecule has 1 aromatic carbocycles. The summed E-state index contributed by atoms with van der Waals surface area (Å²) in [6.07, 6.45) is 5.77. The summed E-state index contributed by atoms with van der Waals surface area (Å²) in [7, 11) is 1.60. The number of pyridine rings is 1. The summed E-state index contributed by atoms with van der Waals surface area (Å²) >= 11 is 1.83. The lowest BCUT2D eigenvalue weighted by Crippen LogP contribution is -2.41. The molecule has 1 aromatic heterocycles. The molecule has 1 N–H and O–H groups in total. The Bertz CT molecular complexity index is 866. The van der Waals surface area contributed by atoms with Gasteiger partial charge in [-0.15, -0.1) is 0 Å². The first-order chi connectivity index (χ1) is 15.0. The van der Waals surface area contributed by atoms with Crippen molar-refractivity contribution in [3.8, 4) is 5.75 Å². The van der Waals surface area contributed by atoms with E-state index in [1.165, 1.54) is 0 Å². The molecule has 170 valence electrons. The first-order valence-corrected chi connectivity index (χ1v) is 12.4. The Labute approximate surface area is 188 Å². The second kappa shape index (κ2) is 11.7. The number of aromatic nitrogens is 1. The number of fused-ring (bicyclic) bond motifs is 1. The molecule has 2 heterocycles. The fourth-order valence-electron chi connectivity index (χ4n) is 4.66. The molecular formula is C24H33FN2O3S. The Balaban J connectivity index is 1.66. The van der Waals surface area contributed by atoms with Crippen molar-refractivity contribution >= 4 is 28.6 Å². The molecule has 31 heavy (non-hydrogen) atoms. The first-order valence-electron chi connectivity index (χ1n) is 11.0. The molecule has 0 radical (unpaired) electrons. The standard InChI is InChI=1S/C24H33FN2O3S/c1-30-19-5-7-23-21(15-19)20(9-11-26-23)22(25)6-3-17-10-12-27(13-14-31-2)16-18(17)4-8-24(28)29/h5,7,9,11,15,17-18,22H,3-4,6,8,10,12-14,16H2,1-2H3,(H,28,29)/t17-,18+,22?/m1/s1. The van der Waals surface area contributed by atoms with Crippen molar-refractivity contribution < 1.29 is 19.0 Å². The molecule has 3 atom stereocenters. The van der Waals surface area contributed by atoms with Gasteiger partial charge in [0.1, 0.15) is 11.9 Å². The predicted octanol–water partition coefficient (Wildman–Crippen LogP) is 5.20. The van der Waals surface area contributed by atoms with Crippen LogP contribution in [0.5, 0.6) is 5.75 Å². The third kappa shape index (κ3) is 6.56. The number of piperidine rings is 1. The van der Waals surface area contributed by atoms with Gasteiger partial charge >= 0.3 is 5.97 Å². The van der Waals surface area contributed by atoms with Gasteiger partial charge in [-0.05, 0) is 80.1 Å². The maximum Gasteiger partial charge on any atom is 0.303 e. The second-order valence-electron chi connectivity index (χ2n) is 8.36.